The fourth-order valence-electron chi connectivity index (χ4n) is 1.89. The molecule has 0 unspecified atom stereocenters. The first-order chi connectivity index (χ1) is 9.63. The summed E-state index contributed by atoms with van der Waals surface area (Å²) in [5.74, 6) is 0.904. The number of hydrogen-bond acceptors (Lipinski definition) is 4. The summed E-state index contributed by atoms with van der Waals surface area (Å²) in [6.07, 6.45) is 1.30. The van der Waals surface area contributed by atoms with Gasteiger partial charge < -0.3 is 20.1 Å². The Hall–Kier alpha value is -1.10. The smallest absolute Gasteiger partial charge is 0.123 e. The molecule has 0 amide bonds. The summed E-state index contributed by atoms with van der Waals surface area (Å²) in [6, 6.07) is 7.94. The van der Waals surface area contributed by atoms with Gasteiger partial charge in [-0.2, -0.15) is 0 Å². The number of likely N-dealkylation sites (N-methyl/N-ethyl adjacent to an activating group) is 1. The van der Waals surface area contributed by atoms with E-state index in [2.05, 4.69) is 25.8 Å². The van der Waals surface area contributed by atoms with Crippen molar-refractivity contribution < 1.29 is 9.47 Å². The zero-order valence-corrected chi connectivity index (χ0v) is 13.0. The SMILES string of the molecule is CC(C)OCCN(C)CCCOc1ccccc1CN. The van der Waals surface area contributed by atoms with Crippen LogP contribution in [0, 0.1) is 0 Å². The maximum atomic E-state index is 5.78. The number of rotatable bonds is 10. The molecule has 0 saturated carbocycles. The molecule has 0 radical (unpaired) electrons. The normalized spacial score (nSPS) is 11.3. The number of nitrogens with zero attached hydrogens (tertiary/aromatic N) is 1. The lowest BCUT2D eigenvalue weighted by Gasteiger charge is -2.18. The van der Waals surface area contributed by atoms with Crippen molar-refractivity contribution in [2.75, 3.05) is 33.4 Å². The van der Waals surface area contributed by atoms with Gasteiger partial charge in [0.1, 0.15) is 5.75 Å². The van der Waals surface area contributed by atoms with Crippen molar-refractivity contribution in [3.05, 3.63) is 29.8 Å². The van der Waals surface area contributed by atoms with Gasteiger partial charge in [-0.25, -0.2) is 0 Å². The number of ether oxygens (including phenoxy) is 2. The highest BCUT2D eigenvalue weighted by molar-refractivity contribution is 5.32. The van der Waals surface area contributed by atoms with Gasteiger partial charge in [0.2, 0.25) is 0 Å². The van der Waals surface area contributed by atoms with Gasteiger partial charge in [0, 0.05) is 25.2 Å². The van der Waals surface area contributed by atoms with Crippen molar-refractivity contribution in [3.8, 4) is 5.75 Å². The third-order valence-electron chi connectivity index (χ3n) is 3.06. The Bertz CT molecular complexity index is 369. The first-order valence-corrected chi connectivity index (χ1v) is 7.34. The maximum Gasteiger partial charge on any atom is 0.123 e. The molecule has 0 aliphatic rings. The lowest BCUT2D eigenvalue weighted by Crippen LogP contribution is -2.26. The van der Waals surface area contributed by atoms with Crippen LogP contribution < -0.4 is 10.5 Å². The molecule has 1 aromatic rings. The average molecular weight is 280 g/mol. The molecule has 1 aromatic carbocycles. The number of para-hydroxylation sites is 1. The second-order valence-corrected chi connectivity index (χ2v) is 5.24. The van der Waals surface area contributed by atoms with E-state index in [0.717, 1.165) is 37.4 Å². The molecule has 0 aromatic heterocycles. The van der Waals surface area contributed by atoms with Gasteiger partial charge in [-0.1, -0.05) is 18.2 Å². The first kappa shape index (κ1) is 17.0. The molecule has 20 heavy (non-hydrogen) atoms. The van der Waals surface area contributed by atoms with E-state index in [1.807, 2.05) is 24.3 Å². The zero-order valence-electron chi connectivity index (χ0n) is 13.0. The van der Waals surface area contributed by atoms with Crippen LogP contribution in [0.1, 0.15) is 25.8 Å². The molecular weight excluding hydrogens is 252 g/mol. The minimum Gasteiger partial charge on any atom is -0.493 e. The Labute approximate surface area is 122 Å². The Morgan fingerprint density at radius 1 is 1.15 bits per heavy atom. The lowest BCUT2D eigenvalue weighted by molar-refractivity contribution is 0.0630. The van der Waals surface area contributed by atoms with E-state index in [0.29, 0.717) is 19.3 Å². The molecular formula is C16H28N2O2. The van der Waals surface area contributed by atoms with Crippen LogP contribution in [0.2, 0.25) is 0 Å². The molecule has 4 nitrogen and oxygen atoms in total. The summed E-state index contributed by atoms with van der Waals surface area (Å²) in [6.45, 7) is 8.09. The van der Waals surface area contributed by atoms with Gasteiger partial charge in [0.05, 0.1) is 19.3 Å². The van der Waals surface area contributed by atoms with Crippen LogP contribution in [-0.2, 0) is 11.3 Å². The Morgan fingerprint density at radius 3 is 2.60 bits per heavy atom. The summed E-state index contributed by atoms with van der Waals surface area (Å²) < 4.78 is 11.3. The van der Waals surface area contributed by atoms with Crippen molar-refractivity contribution in [1.82, 2.24) is 4.90 Å². The predicted molar refractivity (Wildman–Crippen MR) is 83.0 cm³/mol. The molecule has 1 rings (SSSR count). The van der Waals surface area contributed by atoms with E-state index in [9.17, 15) is 0 Å². The van der Waals surface area contributed by atoms with Crippen LogP contribution >= 0.6 is 0 Å². The molecule has 4 heteroatoms. The van der Waals surface area contributed by atoms with Crippen molar-refractivity contribution in [1.29, 1.82) is 0 Å². The Balaban J connectivity index is 2.15. The van der Waals surface area contributed by atoms with Crippen molar-refractivity contribution in [3.63, 3.8) is 0 Å². The van der Waals surface area contributed by atoms with Crippen LogP contribution in [0.5, 0.6) is 5.75 Å². The van der Waals surface area contributed by atoms with Gasteiger partial charge in [-0.3, -0.25) is 0 Å². The summed E-state index contributed by atoms with van der Waals surface area (Å²) in [5, 5.41) is 0. The molecule has 114 valence electrons. The molecule has 0 heterocycles. The van der Waals surface area contributed by atoms with Gasteiger partial charge in [0.15, 0.2) is 0 Å². The quantitative estimate of drug-likeness (QED) is 0.668. The summed E-state index contributed by atoms with van der Waals surface area (Å²) in [7, 11) is 2.11. The topological polar surface area (TPSA) is 47.7 Å². The minimum atomic E-state index is 0.305. The predicted octanol–water partition coefficient (Wildman–Crippen LogP) is 2.27. The van der Waals surface area contributed by atoms with Crippen LogP contribution in [0.25, 0.3) is 0 Å². The van der Waals surface area contributed by atoms with Crippen LogP contribution in [-0.4, -0.2) is 44.4 Å². The van der Waals surface area contributed by atoms with Crippen LogP contribution in [0.3, 0.4) is 0 Å². The fraction of sp³-hybridized carbons (Fsp3) is 0.625. The summed E-state index contributed by atoms with van der Waals surface area (Å²) in [4.78, 5) is 2.26. The van der Waals surface area contributed by atoms with Crippen LogP contribution in [0.15, 0.2) is 24.3 Å². The van der Waals surface area contributed by atoms with E-state index < -0.39 is 0 Å². The summed E-state index contributed by atoms with van der Waals surface area (Å²) >= 11 is 0. The van der Waals surface area contributed by atoms with E-state index in [4.69, 9.17) is 15.2 Å². The van der Waals surface area contributed by atoms with Crippen molar-refractivity contribution in [2.45, 2.75) is 32.9 Å². The van der Waals surface area contributed by atoms with Gasteiger partial charge in [-0.05, 0) is 33.4 Å². The van der Waals surface area contributed by atoms with Gasteiger partial charge in [-0.15, -0.1) is 0 Å². The summed E-state index contributed by atoms with van der Waals surface area (Å²) in [5.41, 5.74) is 6.74. The highest BCUT2D eigenvalue weighted by atomic mass is 16.5. The fourth-order valence-corrected chi connectivity index (χ4v) is 1.89. The first-order valence-electron chi connectivity index (χ1n) is 7.34. The molecule has 0 aliphatic carbocycles. The van der Waals surface area contributed by atoms with Gasteiger partial charge in [0.25, 0.3) is 0 Å². The molecule has 0 fully saturated rings. The van der Waals surface area contributed by atoms with Crippen molar-refractivity contribution >= 4 is 0 Å². The molecule has 0 atom stereocenters. The molecule has 0 aliphatic heterocycles. The maximum absolute atomic E-state index is 5.78. The third-order valence-corrected chi connectivity index (χ3v) is 3.06. The third kappa shape index (κ3) is 6.89. The monoisotopic (exact) mass is 280 g/mol. The van der Waals surface area contributed by atoms with E-state index in [1.165, 1.54) is 0 Å². The van der Waals surface area contributed by atoms with Gasteiger partial charge >= 0.3 is 0 Å². The average Bonchev–Trinajstić information content (AvgIpc) is 2.43. The highest BCUT2D eigenvalue weighted by Crippen LogP contribution is 2.17. The standard InChI is InChI=1S/C16H28N2O2/c1-14(2)19-12-10-18(3)9-6-11-20-16-8-5-4-7-15(16)13-17/h4-5,7-8,14H,6,9-13,17H2,1-3H3. The number of benzene rings is 1. The Morgan fingerprint density at radius 2 is 1.90 bits per heavy atom. The minimum absolute atomic E-state index is 0.305. The number of nitrogens with two attached hydrogens (primary N) is 1. The van der Waals surface area contributed by atoms with E-state index >= 15 is 0 Å². The largest absolute Gasteiger partial charge is 0.493 e. The Kier molecular flexibility index (Phi) is 8.26. The highest BCUT2D eigenvalue weighted by Gasteiger charge is 2.02. The molecule has 0 bridgehead atoms. The molecule has 0 spiro atoms. The van der Waals surface area contributed by atoms with Crippen molar-refractivity contribution in [2.24, 2.45) is 5.73 Å². The van der Waals surface area contributed by atoms with E-state index in [-0.39, 0.29) is 0 Å². The molecule has 0 saturated heterocycles. The second kappa shape index (κ2) is 9.75. The van der Waals surface area contributed by atoms with E-state index in [1.54, 1.807) is 0 Å². The lowest BCUT2D eigenvalue weighted by atomic mass is 10.2. The molecule has 2 N–H and O–H groups in total. The number of hydrogen-bond donors (Lipinski definition) is 1. The zero-order chi connectivity index (χ0) is 14.8. The van der Waals surface area contributed by atoms with Crippen LogP contribution in [0.4, 0.5) is 0 Å². The second-order valence-electron chi connectivity index (χ2n) is 5.24.